The van der Waals surface area contributed by atoms with E-state index in [1.165, 1.54) is 5.56 Å². The standard InChI is InChI=1S/C16H26O2/c1-4-13(2)10-16(3,11-15(18)12-17)14-8-6-5-7-9-14/h5-9,13,15,17-18H,4,10-12H2,1-3H3. The molecule has 102 valence electrons. The molecule has 0 aliphatic rings. The van der Waals surface area contributed by atoms with Crippen molar-refractivity contribution in [3.63, 3.8) is 0 Å². The van der Waals surface area contributed by atoms with Crippen molar-refractivity contribution < 1.29 is 10.2 Å². The predicted octanol–water partition coefficient (Wildman–Crippen LogP) is 3.12. The van der Waals surface area contributed by atoms with E-state index in [0.717, 1.165) is 12.8 Å². The van der Waals surface area contributed by atoms with Gasteiger partial charge in [0.15, 0.2) is 0 Å². The Hall–Kier alpha value is -0.860. The summed E-state index contributed by atoms with van der Waals surface area (Å²) in [6.45, 7) is 6.46. The van der Waals surface area contributed by atoms with Gasteiger partial charge < -0.3 is 10.2 Å². The molecule has 0 amide bonds. The number of hydrogen-bond donors (Lipinski definition) is 2. The van der Waals surface area contributed by atoms with Crippen LogP contribution in [0.5, 0.6) is 0 Å². The van der Waals surface area contributed by atoms with E-state index in [2.05, 4.69) is 32.9 Å². The molecule has 1 rings (SSSR count). The van der Waals surface area contributed by atoms with Crippen molar-refractivity contribution in [3.05, 3.63) is 35.9 Å². The summed E-state index contributed by atoms with van der Waals surface area (Å²) in [5, 5.41) is 18.9. The minimum atomic E-state index is -0.640. The second kappa shape index (κ2) is 6.91. The van der Waals surface area contributed by atoms with Crippen molar-refractivity contribution >= 4 is 0 Å². The average Bonchev–Trinajstić information content (AvgIpc) is 2.39. The van der Waals surface area contributed by atoms with Gasteiger partial charge in [-0.1, -0.05) is 57.5 Å². The van der Waals surface area contributed by atoms with Crippen LogP contribution in [-0.4, -0.2) is 22.9 Å². The summed E-state index contributed by atoms with van der Waals surface area (Å²) in [5.41, 5.74) is 1.18. The van der Waals surface area contributed by atoms with Crippen molar-refractivity contribution in [1.82, 2.24) is 0 Å². The Labute approximate surface area is 111 Å². The molecule has 3 atom stereocenters. The van der Waals surface area contributed by atoms with E-state index in [1.54, 1.807) is 0 Å². The van der Waals surface area contributed by atoms with Crippen molar-refractivity contribution in [2.24, 2.45) is 5.92 Å². The zero-order chi connectivity index (χ0) is 13.6. The average molecular weight is 250 g/mol. The van der Waals surface area contributed by atoms with Gasteiger partial charge in [0, 0.05) is 0 Å². The maximum absolute atomic E-state index is 9.79. The lowest BCUT2D eigenvalue weighted by Gasteiger charge is -2.34. The Kier molecular flexibility index (Phi) is 5.83. The molecule has 3 unspecified atom stereocenters. The van der Waals surface area contributed by atoms with Gasteiger partial charge in [0.05, 0.1) is 12.7 Å². The normalized spacial score (nSPS) is 18.1. The van der Waals surface area contributed by atoms with Crippen LogP contribution in [0.15, 0.2) is 30.3 Å². The van der Waals surface area contributed by atoms with Gasteiger partial charge in [0.2, 0.25) is 0 Å². The fourth-order valence-electron chi connectivity index (χ4n) is 2.66. The highest BCUT2D eigenvalue weighted by molar-refractivity contribution is 5.24. The SMILES string of the molecule is CCC(C)CC(C)(CC(O)CO)c1ccccc1. The Balaban J connectivity index is 2.93. The predicted molar refractivity (Wildman–Crippen MR) is 75.6 cm³/mol. The summed E-state index contributed by atoms with van der Waals surface area (Å²) >= 11 is 0. The highest BCUT2D eigenvalue weighted by Crippen LogP contribution is 2.36. The number of hydrogen-bond acceptors (Lipinski definition) is 2. The van der Waals surface area contributed by atoms with Gasteiger partial charge in [-0.15, -0.1) is 0 Å². The lowest BCUT2D eigenvalue weighted by atomic mass is 9.72. The molecule has 0 aromatic heterocycles. The molecule has 1 aromatic carbocycles. The van der Waals surface area contributed by atoms with E-state index in [1.807, 2.05) is 18.2 Å². The Bertz CT molecular complexity index is 322. The van der Waals surface area contributed by atoms with Gasteiger partial charge in [-0.3, -0.25) is 0 Å². The molecule has 0 fully saturated rings. The van der Waals surface area contributed by atoms with E-state index in [-0.39, 0.29) is 12.0 Å². The quantitative estimate of drug-likeness (QED) is 0.780. The Morgan fingerprint density at radius 1 is 1.17 bits per heavy atom. The molecule has 0 radical (unpaired) electrons. The lowest BCUT2D eigenvalue weighted by molar-refractivity contribution is 0.0647. The van der Waals surface area contributed by atoms with E-state index >= 15 is 0 Å². The first-order valence-corrected chi connectivity index (χ1v) is 6.86. The van der Waals surface area contributed by atoms with Gasteiger partial charge in [-0.2, -0.15) is 0 Å². The summed E-state index contributed by atoms with van der Waals surface area (Å²) in [7, 11) is 0. The third kappa shape index (κ3) is 4.11. The molecule has 0 saturated carbocycles. The molecule has 1 aromatic rings. The van der Waals surface area contributed by atoms with Gasteiger partial charge in [-0.25, -0.2) is 0 Å². The molecule has 18 heavy (non-hydrogen) atoms. The maximum atomic E-state index is 9.79. The largest absolute Gasteiger partial charge is 0.394 e. The number of rotatable bonds is 7. The molecular weight excluding hydrogens is 224 g/mol. The Morgan fingerprint density at radius 3 is 2.28 bits per heavy atom. The van der Waals surface area contributed by atoms with Crippen LogP contribution in [0.1, 0.15) is 45.6 Å². The molecule has 2 heteroatoms. The topological polar surface area (TPSA) is 40.5 Å². The molecular formula is C16H26O2. The van der Waals surface area contributed by atoms with Crippen LogP contribution in [0.3, 0.4) is 0 Å². The van der Waals surface area contributed by atoms with Crippen molar-refractivity contribution in [3.8, 4) is 0 Å². The van der Waals surface area contributed by atoms with Gasteiger partial charge >= 0.3 is 0 Å². The first-order chi connectivity index (χ1) is 8.51. The van der Waals surface area contributed by atoms with Crippen LogP contribution in [0.4, 0.5) is 0 Å². The monoisotopic (exact) mass is 250 g/mol. The van der Waals surface area contributed by atoms with Crippen molar-refractivity contribution in [1.29, 1.82) is 0 Å². The fraction of sp³-hybridized carbons (Fsp3) is 0.625. The van der Waals surface area contributed by atoms with E-state index in [0.29, 0.717) is 12.3 Å². The van der Waals surface area contributed by atoms with Crippen LogP contribution in [0, 0.1) is 5.92 Å². The molecule has 2 N–H and O–H groups in total. The van der Waals surface area contributed by atoms with Crippen LogP contribution in [0.2, 0.25) is 0 Å². The van der Waals surface area contributed by atoms with Crippen LogP contribution >= 0.6 is 0 Å². The summed E-state index contributed by atoms with van der Waals surface area (Å²) < 4.78 is 0. The van der Waals surface area contributed by atoms with E-state index < -0.39 is 6.10 Å². The zero-order valence-electron chi connectivity index (χ0n) is 11.8. The molecule has 0 aliphatic carbocycles. The van der Waals surface area contributed by atoms with Gasteiger partial charge in [0.25, 0.3) is 0 Å². The van der Waals surface area contributed by atoms with Crippen LogP contribution in [-0.2, 0) is 5.41 Å². The highest BCUT2D eigenvalue weighted by Gasteiger charge is 2.30. The Morgan fingerprint density at radius 2 is 1.78 bits per heavy atom. The fourth-order valence-corrected chi connectivity index (χ4v) is 2.66. The van der Waals surface area contributed by atoms with Crippen LogP contribution in [0.25, 0.3) is 0 Å². The van der Waals surface area contributed by atoms with Gasteiger partial charge in [0.1, 0.15) is 0 Å². The van der Waals surface area contributed by atoms with E-state index in [9.17, 15) is 5.11 Å². The lowest BCUT2D eigenvalue weighted by Crippen LogP contribution is -2.31. The molecule has 0 heterocycles. The molecule has 0 bridgehead atoms. The first-order valence-electron chi connectivity index (χ1n) is 6.86. The van der Waals surface area contributed by atoms with E-state index in [4.69, 9.17) is 5.11 Å². The smallest absolute Gasteiger partial charge is 0.0779 e. The summed E-state index contributed by atoms with van der Waals surface area (Å²) in [6.07, 6.45) is 2.14. The van der Waals surface area contributed by atoms with Gasteiger partial charge in [-0.05, 0) is 29.7 Å². The third-order valence-electron chi connectivity index (χ3n) is 3.86. The molecule has 0 aliphatic heterocycles. The zero-order valence-corrected chi connectivity index (χ0v) is 11.8. The second-order valence-corrected chi connectivity index (χ2v) is 5.68. The summed E-state index contributed by atoms with van der Waals surface area (Å²) in [6, 6.07) is 10.3. The van der Waals surface area contributed by atoms with Crippen molar-refractivity contribution in [2.75, 3.05) is 6.61 Å². The summed E-state index contributed by atoms with van der Waals surface area (Å²) in [4.78, 5) is 0. The molecule has 0 saturated heterocycles. The summed E-state index contributed by atoms with van der Waals surface area (Å²) in [5.74, 6) is 0.612. The second-order valence-electron chi connectivity index (χ2n) is 5.68. The minimum Gasteiger partial charge on any atom is -0.394 e. The molecule has 0 spiro atoms. The number of aliphatic hydroxyl groups excluding tert-OH is 2. The minimum absolute atomic E-state index is 0.0706. The number of aliphatic hydroxyl groups is 2. The highest BCUT2D eigenvalue weighted by atomic mass is 16.3. The van der Waals surface area contributed by atoms with Crippen LogP contribution < -0.4 is 0 Å². The first kappa shape index (κ1) is 15.2. The third-order valence-corrected chi connectivity index (χ3v) is 3.86. The maximum Gasteiger partial charge on any atom is 0.0779 e. The molecule has 2 nitrogen and oxygen atoms in total. The number of benzene rings is 1. The van der Waals surface area contributed by atoms with Crippen molar-refractivity contribution in [2.45, 2.75) is 51.6 Å².